The Morgan fingerprint density at radius 1 is 1.11 bits per heavy atom. The molecule has 0 spiro atoms. The van der Waals surface area contributed by atoms with Crippen LogP contribution in [0.4, 0.5) is 0 Å². The first kappa shape index (κ1) is 11.0. The molecule has 3 nitrogen and oxygen atoms in total. The zero-order valence-electron chi connectivity index (χ0n) is 6.32. The fourth-order valence-electron chi connectivity index (χ4n) is 0.248. The maximum absolute atomic E-state index is 9.92. The van der Waals surface area contributed by atoms with Gasteiger partial charge in [-0.05, 0) is 0 Å². The number of imide groups is 1. The van der Waals surface area contributed by atoms with Crippen molar-refractivity contribution in [2.45, 2.75) is 27.7 Å². The molecule has 0 saturated heterocycles. The van der Waals surface area contributed by atoms with Gasteiger partial charge in [0.15, 0.2) is 0 Å². The molecule has 3 heteroatoms. The van der Waals surface area contributed by atoms with Crippen molar-refractivity contribution >= 4 is 11.8 Å². The van der Waals surface area contributed by atoms with Gasteiger partial charge < -0.3 is 0 Å². The normalized spacial score (nSPS) is 6.67. The topological polar surface area (TPSA) is 46.2 Å². The maximum Gasteiger partial charge on any atom is 0.223 e. The molecule has 0 bridgehead atoms. The van der Waals surface area contributed by atoms with E-state index >= 15 is 0 Å². The molecule has 0 aromatic carbocycles. The molecule has 0 radical (unpaired) electrons. The summed E-state index contributed by atoms with van der Waals surface area (Å²) in [4.78, 5) is 19.8. The standard InChI is InChI=1S/C4H7NO2.C2H6.H2/c1-3(6)5-4(2)7;1-2;/h1-2H3,(H,5,6,7);1-2H3;1H. The Bertz CT molecular complexity index is 91.9. The number of nitrogens with one attached hydrogen (secondary N) is 1. The zero-order chi connectivity index (χ0) is 7.86. The van der Waals surface area contributed by atoms with E-state index in [0.29, 0.717) is 0 Å². The molecule has 0 fully saturated rings. The molecule has 9 heavy (non-hydrogen) atoms. The third kappa shape index (κ3) is 19.1. The molecule has 1 N–H and O–H groups in total. The van der Waals surface area contributed by atoms with Crippen molar-refractivity contribution in [3.05, 3.63) is 0 Å². The van der Waals surface area contributed by atoms with Crippen molar-refractivity contribution in [2.24, 2.45) is 0 Å². The largest absolute Gasteiger partial charge is 0.297 e. The molecule has 0 saturated carbocycles. The Kier molecular flexibility index (Phi) is 8.73. The number of carbonyl (C=O) groups excluding carboxylic acids is 2. The predicted octanol–water partition coefficient (Wildman–Crippen LogP) is 0.941. The van der Waals surface area contributed by atoms with Gasteiger partial charge in [-0.25, -0.2) is 0 Å². The van der Waals surface area contributed by atoms with Crippen molar-refractivity contribution in [2.75, 3.05) is 0 Å². The van der Waals surface area contributed by atoms with Crippen LogP contribution in [0.1, 0.15) is 29.1 Å². The van der Waals surface area contributed by atoms with Crippen LogP contribution in [0.3, 0.4) is 0 Å². The minimum Gasteiger partial charge on any atom is -0.297 e. The van der Waals surface area contributed by atoms with Gasteiger partial charge in [0.2, 0.25) is 11.8 Å². The molecule has 0 aliphatic heterocycles. The Balaban J connectivity index is -0.000000149. The van der Waals surface area contributed by atoms with Gasteiger partial charge in [-0.15, -0.1) is 0 Å². The molecule has 0 heterocycles. The van der Waals surface area contributed by atoms with E-state index in [0.717, 1.165) is 0 Å². The van der Waals surface area contributed by atoms with E-state index in [1.807, 2.05) is 19.2 Å². The lowest BCUT2D eigenvalue weighted by Gasteiger charge is -1.88. The van der Waals surface area contributed by atoms with Crippen LogP contribution < -0.4 is 5.32 Å². The highest BCUT2D eigenvalue weighted by Gasteiger charge is 1.90. The van der Waals surface area contributed by atoms with Crippen molar-refractivity contribution in [1.29, 1.82) is 0 Å². The number of rotatable bonds is 0. The van der Waals surface area contributed by atoms with E-state index in [1.54, 1.807) is 0 Å². The predicted molar refractivity (Wildman–Crippen MR) is 38.0 cm³/mol. The highest BCUT2D eigenvalue weighted by atomic mass is 16.2. The smallest absolute Gasteiger partial charge is 0.223 e. The van der Waals surface area contributed by atoms with Crippen LogP contribution in [-0.4, -0.2) is 11.8 Å². The summed E-state index contributed by atoms with van der Waals surface area (Å²) in [6.45, 7) is 6.59. The van der Waals surface area contributed by atoms with Gasteiger partial charge in [0.1, 0.15) is 0 Å². The summed E-state index contributed by atoms with van der Waals surface area (Å²) < 4.78 is 0. The first-order valence-corrected chi connectivity index (χ1v) is 2.91. The molecule has 0 aromatic rings. The van der Waals surface area contributed by atoms with Crippen LogP contribution in [0.25, 0.3) is 0 Å². The van der Waals surface area contributed by atoms with Gasteiger partial charge in [-0.2, -0.15) is 0 Å². The molecule has 0 rings (SSSR count). The van der Waals surface area contributed by atoms with Gasteiger partial charge in [-0.1, -0.05) is 13.8 Å². The average Bonchev–Trinajstić information content (AvgIpc) is 1.68. The molecule has 0 aromatic heterocycles. The van der Waals surface area contributed by atoms with Gasteiger partial charge in [0.25, 0.3) is 0 Å². The Labute approximate surface area is 56.9 Å². The van der Waals surface area contributed by atoms with E-state index in [4.69, 9.17) is 0 Å². The second-order valence-corrected chi connectivity index (χ2v) is 1.24. The number of carbonyl (C=O) groups is 2. The van der Waals surface area contributed by atoms with E-state index < -0.39 is 0 Å². The van der Waals surface area contributed by atoms with Crippen LogP contribution >= 0.6 is 0 Å². The lowest BCUT2D eigenvalue weighted by molar-refractivity contribution is -0.127. The molecule has 0 unspecified atom stereocenters. The van der Waals surface area contributed by atoms with Gasteiger partial charge in [0, 0.05) is 15.3 Å². The first-order chi connectivity index (χ1) is 4.13. The number of hydrogen-bond donors (Lipinski definition) is 1. The van der Waals surface area contributed by atoms with Gasteiger partial charge in [-0.3, -0.25) is 14.9 Å². The average molecular weight is 133 g/mol. The van der Waals surface area contributed by atoms with Crippen LogP contribution in [0.5, 0.6) is 0 Å². The minimum absolute atomic E-state index is 0. The second-order valence-electron chi connectivity index (χ2n) is 1.24. The van der Waals surface area contributed by atoms with E-state index in [1.165, 1.54) is 13.8 Å². The fourth-order valence-corrected chi connectivity index (χ4v) is 0.248. The SMILES string of the molecule is CC.CC(=O)NC(C)=O.[HH]. The van der Waals surface area contributed by atoms with E-state index in [9.17, 15) is 9.59 Å². The summed E-state index contributed by atoms with van der Waals surface area (Å²) in [5, 5.41) is 2.03. The van der Waals surface area contributed by atoms with Crippen LogP contribution in [0.15, 0.2) is 0 Å². The first-order valence-electron chi connectivity index (χ1n) is 2.91. The fraction of sp³-hybridized carbons (Fsp3) is 0.667. The van der Waals surface area contributed by atoms with Crippen LogP contribution in [0, 0.1) is 0 Å². The maximum atomic E-state index is 9.92. The highest BCUT2D eigenvalue weighted by molar-refractivity contribution is 5.92. The summed E-state index contributed by atoms with van der Waals surface area (Å²) >= 11 is 0. The minimum atomic E-state index is -0.312. The number of amides is 2. The van der Waals surface area contributed by atoms with Crippen molar-refractivity contribution in [3.63, 3.8) is 0 Å². The van der Waals surface area contributed by atoms with Gasteiger partial charge >= 0.3 is 0 Å². The van der Waals surface area contributed by atoms with E-state index in [-0.39, 0.29) is 13.2 Å². The summed E-state index contributed by atoms with van der Waals surface area (Å²) in [5.74, 6) is -0.625. The quantitative estimate of drug-likeness (QED) is 0.534. The summed E-state index contributed by atoms with van der Waals surface area (Å²) in [5.41, 5.74) is 0. The monoisotopic (exact) mass is 133 g/mol. The summed E-state index contributed by atoms with van der Waals surface area (Å²) in [6.07, 6.45) is 0. The Morgan fingerprint density at radius 2 is 1.33 bits per heavy atom. The Hall–Kier alpha value is -0.860. The molecule has 56 valence electrons. The molecule has 2 amide bonds. The summed E-state index contributed by atoms with van der Waals surface area (Å²) in [6, 6.07) is 0. The molecule has 0 aliphatic rings. The third-order valence-electron chi connectivity index (χ3n) is 0.352. The Morgan fingerprint density at radius 3 is 1.33 bits per heavy atom. The van der Waals surface area contributed by atoms with Crippen molar-refractivity contribution in [1.82, 2.24) is 5.32 Å². The van der Waals surface area contributed by atoms with Crippen LogP contribution in [0.2, 0.25) is 0 Å². The highest BCUT2D eigenvalue weighted by Crippen LogP contribution is 1.58. The molecule has 0 atom stereocenters. The lowest BCUT2D eigenvalue weighted by Crippen LogP contribution is -2.24. The summed E-state index contributed by atoms with van der Waals surface area (Å²) in [7, 11) is 0. The molecular formula is C6H15NO2. The number of hydrogen-bond acceptors (Lipinski definition) is 2. The van der Waals surface area contributed by atoms with Crippen molar-refractivity contribution < 1.29 is 11.0 Å². The van der Waals surface area contributed by atoms with Crippen LogP contribution in [-0.2, 0) is 9.59 Å². The molecular weight excluding hydrogens is 118 g/mol. The molecule has 0 aliphatic carbocycles. The van der Waals surface area contributed by atoms with Crippen molar-refractivity contribution in [3.8, 4) is 0 Å². The zero-order valence-corrected chi connectivity index (χ0v) is 6.32. The van der Waals surface area contributed by atoms with Gasteiger partial charge in [0.05, 0.1) is 0 Å². The second kappa shape index (κ2) is 7.14. The van der Waals surface area contributed by atoms with E-state index in [2.05, 4.69) is 0 Å². The lowest BCUT2D eigenvalue weighted by atomic mass is 10.6. The third-order valence-corrected chi connectivity index (χ3v) is 0.352.